The largest absolute Gasteiger partial charge is 0.383 e. The minimum atomic E-state index is -0.398. The molecule has 0 atom stereocenters. The first-order valence-corrected chi connectivity index (χ1v) is 4.28. The van der Waals surface area contributed by atoms with E-state index in [1.54, 1.807) is 19.2 Å². The van der Waals surface area contributed by atoms with E-state index in [0.717, 1.165) is 5.56 Å². The molecule has 0 aliphatic carbocycles. The molecule has 0 aliphatic heterocycles. The van der Waals surface area contributed by atoms with Crippen molar-refractivity contribution < 1.29 is 4.92 Å². The maximum atomic E-state index is 10.6. The Hall–Kier alpha value is -1.84. The standard InChI is InChI=1S/C10H12N2O2/c1-3-4-8-5-6-10(12(13)14)9(7-8)11-2/h3-7,11H,1-2H3/b4-3+. The van der Waals surface area contributed by atoms with Crippen LogP contribution in [0.3, 0.4) is 0 Å². The third-order valence-electron chi connectivity index (χ3n) is 1.85. The van der Waals surface area contributed by atoms with Crippen LogP contribution in [0.15, 0.2) is 24.3 Å². The summed E-state index contributed by atoms with van der Waals surface area (Å²) in [5.41, 5.74) is 1.58. The molecule has 0 aliphatic rings. The number of nitrogens with one attached hydrogen (secondary N) is 1. The average molecular weight is 192 g/mol. The van der Waals surface area contributed by atoms with Crippen molar-refractivity contribution in [3.63, 3.8) is 0 Å². The predicted octanol–water partition coefficient (Wildman–Crippen LogP) is 2.67. The lowest BCUT2D eigenvalue weighted by atomic mass is 10.1. The van der Waals surface area contributed by atoms with E-state index in [4.69, 9.17) is 0 Å². The molecule has 74 valence electrons. The second kappa shape index (κ2) is 4.41. The van der Waals surface area contributed by atoms with Crippen molar-refractivity contribution in [3.05, 3.63) is 40.0 Å². The zero-order valence-corrected chi connectivity index (χ0v) is 8.15. The van der Waals surface area contributed by atoms with Gasteiger partial charge in [0.2, 0.25) is 0 Å². The minimum absolute atomic E-state index is 0.0979. The van der Waals surface area contributed by atoms with E-state index < -0.39 is 4.92 Å². The number of nitro benzene ring substituents is 1. The van der Waals surface area contributed by atoms with Crippen LogP contribution in [-0.4, -0.2) is 12.0 Å². The highest BCUT2D eigenvalue weighted by molar-refractivity contribution is 5.67. The summed E-state index contributed by atoms with van der Waals surface area (Å²) >= 11 is 0. The highest BCUT2D eigenvalue weighted by Crippen LogP contribution is 2.25. The van der Waals surface area contributed by atoms with E-state index in [2.05, 4.69) is 5.32 Å². The van der Waals surface area contributed by atoms with Gasteiger partial charge in [0.1, 0.15) is 5.69 Å². The molecule has 0 bridgehead atoms. The molecule has 1 aromatic carbocycles. The lowest BCUT2D eigenvalue weighted by molar-refractivity contribution is -0.383. The van der Waals surface area contributed by atoms with Gasteiger partial charge < -0.3 is 5.32 Å². The molecule has 0 unspecified atom stereocenters. The zero-order valence-electron chi connectivity index (χ0n) is 8.15. The van der Waals surface area contributed by atoms with E-state index in [1.807, 2.05) is 19.1 Å². The maximum Gasteiger partial charge on any atom is 0.292 e. The van der Waals surface area contributed by atoms with Crippen molar-refractivity contribution in [1.82, 2.24) is 0 Å². The van der Waals surface area contributed by atoms with Crippen LogP contribution in [0.1, 0.15) is 12.5 Å². The third-order valence-corrected chi connectivity index (χ3v) is 1.85. The Morgan fingerprint density at radius 2 is 2.21 bits per heavy atom. The third kappa shape index (κ3) is 2.10. The van der Waals surface area contributed by atoms with Crippen LogP contribution in [0.5, 0.6) is 0 Å². The number of benzene rings is 1. The Morgan fingerprint density at radius 3 is 2.71 bits per heavy atom. The number of hydrogen-bond donors (Lipinski definition) is 1. The first-order chi connectivity index (χ1) is 6.69. The summed E-state index contributed by atoms with van der Waals surface area (Å²) in [4.78, 5) is 10.2. The molecular weight excluding hydrogens is 180 g/mol. The molecule has 4 nitrogen and oxygen atoms in total. The fraction of sp³-hybridized carbons (Fsp3) is 0.200. The predicted molar refractivity (Wildman–Crippen MR) is 57.4 cm³/mol. The smallest absolute Gasteiger partial charge is 0.292 e. The van der Waals surface area contributed by atoms with Crippen molar-refractivity contribution in [1.29, 1.82) is 0 Å². The molecule has 4 heteroatoms. The summed E-state index contributed by atoms with van der Waals surface area (Å²) in [7, 11) is 1.67. The molecule has 1 rings (SSSR count). The molecule has 14 heavy (non-hydrogen) atoms. The Balaban J connectivity index is 3.17. The fourth-order valence-electron chi connectivity index (χ4n) is 1.21. The second-order valence-electron chi connectivity index (χ2n) is 2.78. The average Bonchev–Trinajstić information content (AvgIpc) is 2.17. The molecule has 0 radical (unpaired) electrons. The number of anilines is 1. The molecule has 0 aromatic heterocycles. The van der Waals surface area contributed by atoms with Gasteiger partial charge in [0.25, 0.3) is 5.69 Å². The lowest BCUT2D eigenvalue weighted by Crippen LogP contribution is -1.96. The highest BCUT2D eigenvalue weighted by Gasteiger charge is 2.11. The van der Waals surface area contributed by atoms with Crippen LogP contribution in [-0.2, 0) is 0 Å². The van der Waals surface area contributed by atoms with Crippen molar-refractivity contribution in [2.24, 2.45) is 0 Å². The molecule has 0 spiro atoms. The summed E-state index contributed by atoms with van der Waals surface area (Å²) in [5, 5.41) is 13.4. The number of allylic oxidation sites excluding steroid dienone is 1. The van der Waals surface area contributed by atoms with Crippen LogP contribution < -0.4 is 5.32 Å². The Labute approximate surface area is 82.4 Å². The van der Waals surface area contributed by atoms with Gasteiger partial charge in [0.15, 0.2) is 0 Å². The SMILES string of the molecule is C/C=C/c1ccc([N+](=O)[O-])c(NC)c1. The van der Waals surface area contributed by atoms with Gasteiger partial charge in [-0.1, -0.05) is 12.2 Å². The van der Waals surface area contributed by atoms with Gasteiger partial charge in [0, 0.05) is 13.1 Å². The minimum Gasteiger partial charge on any atom is -0.383 e. The molecule has 0 fully saturated rings. The highest BCUT2D eigenvalue weighted by atomic mass is 16.6. The van der Waals surface area contributed by atoms with Gasteiger partial charge in [0.05, 0.1) is 4.92 Å². The Kier molecular flexibility index (Phi) is 3.23. The summed E-state index contributed by atoms with van der Waals surface area (Å²) in [5.74, 6) is 0. The molecule has 0 amide bonds. The van der Waals surface area contributed by atoms with Gasteiger partial charge in [-0.15, -0.1) is 0 Å². The molecule has 0 saturated carbocycles. The number of rotatable bonds is 3. The van der Waals surface area contributed by atoms with E-state index in [-0.39, 0.29) is 5.69 Å². The molecule has 1 aromatic rings. The number of hydrogen-bond acceptors (Lipinski definition) is 3. The van der Waals surface area contributed by atoms with E-state index in [0.29, 0.717) is 5.69 Å². The van der Waals surface area contributed by atoms with E-state index >= 15 is 0 Å². The number of nitro groups is 1. The van der Waals surface area contributed by atoms with Crippen LogP contribution in [0.25, 0.3) is 6.08 Å². The monoisotopic (exact) mass is 192 g/mol. The molecule has 0 saturated heterocycles. The first kappa shape index (κ1) is 10.2. The van der Waals surface area contributed by atoms with Gasteiger partial charge in [-0.3, -0.25) is 10.1 Å². The second-order valence-corrected chi connectivity index (χ2v) is 2.78. The van der Waals surface area contributed by atoms with Crippen molar-refractivity contribution >= 4 is 17.5 Å². The molecular formula is C10H12N2O2. The Bertz CT molecular complexity index is 372. The van der Waals surface area contributed by atoms with Gasteiger partial charge in [-0.2, -0.15) is 0 Å². The lowest BCUT2D eigenvalue weighted by Gasteiger charge is -2.02. The van der Waals surface area contributed by atoms with Crippen molar-refractivity contribution in [2.45, 2.75) is 6.92 Å². The Morgan fingerprint density at radius 1 is 1.50 bits per heavy atom. The summed E-state index contributed by atoms with van der Waals surface area (Å²) in [6.07, 6.45) is 3.78. The molecule has 1 N–H and O–H groups in total. The summed E-state index contributed by atoms with van der Waals surface area (Å²) in [6, 6.07) is 4.97. The topological polar surface area (TPSA) is 55.2 Å². The normalized spacial score (nSPS) is 10.4. The quantitative estimate of drug-likeness (QED) is 0.591. The fourth-order valence-corrected chi connectivity index (χ4v) is 1.21. The van der Waals surface area contributed by atoms with Crippen LogP contribution in [0.4, 0.5) is 11.4 Å². The van der Waals surface area contributed by atoms with Crippen LogP contribution in [0, 0.1) is 10.1 Å². The van der Waals surface area contributed by atoms with Gasteiger partial charge in [-0.25, -0.2) is 0 Å². The van der Waals surface area contributed by atoms with Crippen molar-refractivity contribution in [3.8, 4) is 0 Å². The van der Waals surface area contributed by atoms with Gasteiger partial charge >= 0.3 is 0 Å². The zero-order chi connectivity index (χ0) is 10.6. The van der Waals surface area contributed by atoms with Crippen LogP contribution in [0.2, 0.25) is 0 Å². The summed E-state index contributed by atoms with van der Waals surface area (Å²) < 4.78 is 0. The number of nitrogens with zero attached hydrogens (tertiary/aromatic N) is 1. The molecule has 0 heterocycles. The maximum absolute atomic E-state index is 10.6. The van der Waals surface area contributed by atoms with E-state index in [1.165, 1.54) is 6.07 Å². The summed E-state index contributed by atoms with van der Waals surface area (Å²) in [6.45, 7) is 1.90. The van der Waals surface area contributed by atoms with Crippen molar-refractivity contribution in [2.75, 3.05) is 12.4 Å². The van der Waals surface area contributed by atoms with Gasteiger partial charge in [-0.05, 0) is 24.6 Å². The first-order valence-electron chi connectivity index (χ1n) is 4.28. The van der Waals surface area contributed by atoms with E-state index in [9.17, 15) is 10.1 Å². The van der Waals surface area contributed by atoms with Crippen LogP contribution >= 0.6 is 0 Å².